The van der Waals surface area contributed by atoms with E-state index in [-0.39, 0.29) is 74.0 Å². The Morgan fingerprint density at radius 1 is 0.400 bits per heavy atom. The summed E-state index contributed by atoms with van der Waals surface area (Å²) in [7, 11) is 0. The number of nitrogens with zero attached hydrogens (tertiary/aromatic N) is 4. The summed E-state index contributed by atoms with van der Waals surface area (Å²) >= 11 is 0. The molecule has 0 aromatic carbocycles. The molecule has 4 amide bonds. The standard InChI is InChI=1S/C28H56N8O4/c1-21(2)29-25(37)17-33-9-11-34(18-26(38)30-22(3)4)13-15-36(20-28(40)32-24(7)8)16-14-35(12-10-33)19-27(39)31-23(5)6/h21-24H,9-20H2,1-8H3,(H,29,37)(H,30,38)(H,31,39)(H,32,40). The van der Waals surface area contributed by atoms with Gasteiger partial charge in [-0.2, -0.15) is 0 Å². The van der Waals surface area contributed by atoms with Crippen LogP contribution in [0.15, 0.2) is 0 Å². The van der Waals surface area contributed by atoms with E-state index in [1.165, 1.54) is 0 Å². The summed E-state index contributed by atoms with van der Waals surface area (Å²) in [5.41, 5.74) is 0. The summed E-state index contributed by atoms with van der Waals surface area (Å²) in [5, 5.41) is 11.9. The van der Waals surface area contributed by atoms with E-state index < -0.39 is 0 Å². The topological polar surface area (TPSA) is 129 Å². The molecule has 40 heavy (non-hydrogen) atoms. The van der Waals surface area contributed by atoms with E-state index in [4.69, 9.17) is 0 Å². The first-order valence-electron chi connectivity index (χ1n) is 14.8. The lowest BCUT2D eigenvalue weighted by atomic mass is 10.3. The lowest BCUT2D eigenvalue weighted by Gasteiger charge is -2.34. The van der Waals surface area contributed by atoms with Gasteiger partial charge >= 0.3 is 0 Å². The molecular formula is C28H56N8O4. The molecule has 0 bridgehead atoms. The van der Waals surface area contributed by atoms with Gasteiger partial charge in [0, 0.05) is 76.5 Å². The molecular weight excluding hydrogens is 512 g/mol. The van der Waals surface area contributed by atoms with E-state index in [1.54, 1.807) is 0 Å². The third kappa shape index (κ3) is 17.4. The maximum atomic E-state index is 12.6. The number of carbonyl (C=O) groups excluding carboxylic acids is 4. The van der Waals surface area contributed by atoms with Crippen LogP contribution in [0.25, 0.3) is 0 Å². The van der Waals surface area contributed by atoms with Crippen molar-refractivity contribution in [2.24, 2.45) is 0 Å². The van der Waals surface area contributed by atoms with Crippen LogP contribution in [-0.4, -0.2) is 146 Å². The van der Waals surface area contributed by atoms with Crippen molar-refractivity contribution in [1.29, 1.82) is 0 Å². The van der Waals surface area contributed by atoms with Crippen LogP contribution in [0.1, 0.15) is 55.4 Å². The minimum absolute atomic E-state index is 0.0439. The van der Waals surface area contributed by atoms with Crippen molar-refractivity contribution in [2.75, 3.05) is 78.5 Å². The fraction of sp³-hybridized carbons (Fsp3) is 0.857. The van der Waals surface area contributed by atoms with E-state index in [0.717, 1.165) is 0 Å². The van der Waals surface area contributed by atoms with Gasteiger partial charge < -0.3 is 21.3 Å². The first kappa shape index (κ1) is 35.7. The molecule has 1 aliphatic heterocycles. The molecule has 0 aliphatic carbocycles. The van der Waals surface area contributed by atoms with Crippen molar-refractivity contribution in [3.8, 4) is 0 Å². The van der Waals surface area contributed by atoms with Crippen LogP contribution in [0.2, 0.25) is 0 Å². The molecule has 1 heterocycles. The quantitative estimate of drug-likeness (QED) is 0.244. The largest absolute Gasteiger partial charge is 0.353 e. The van der Waals surface area contributed by atoms with Gasteiger partial charge in [-0.15, -0.1) is 0 Å². The smallest absolute Gasteiger partial charge is 0.234 e. The Hall–Kier alpha value is -2.28. The summed E-state index contributed by atoms with van der Waals surface area (Å²) < 4.78 is 0. The van der Waals surface area contributed by atoms with Crippen LogP contribution in [0, 0.1) is 0 Å². The van der Waals surface area contributed by atoms with Crippen LogP contribution in [0.4, 0.5) is 0 Å². The van der Waals surface area contributed by atoms with E-state index >= 15 is 0 Å². The van der Waals surface area contributed by atoms with Gasteiger partial charge in [0.15, 0.2) is 0 Å². The molecule has 12 heteroatoms. The highest BCUT2D eigenvalue weighted by molar-refractivity contribution is 5.79. The molecule has 1 rings (SSSR count). The fourth-order valence-electron chi connectivity index (χ4n) is 4.49. The molecule has 0 spiro atoms. The van der Waals surface area contributed by atoms with E-state index in [9.17, 15) is 19.2 Å². The van der Waals surface area contributed by atoms with Gasteiger partial charge in [0.05, 0.1) is 26.2 Å². The number of rotatable bonds is 12. The van der Waals surface area contributed by atoms with Crippen LogP contribution < -0.4 is 21.3 Å². The Kier molecular flexibility index (Phi) is 16.9. The number of carbonyl (C=O) groups is 4. The molecule has 0 aromatic heterocycles. The second kappa shape index (κ2) is 19.0. The number of amides is 4. The van der Waals surface area contributed by atoms with Crippen LogP contribution in [-0.2, 0) is 19.2 Å². The Morgan fingerprint density at radius 3 is 0.675 bits per heavy atom. The van der Waals surface area contributed by atoms with Crippen molar-refractivity contribution >= 4 is 23.6 Å². The summed E-state index contributed by atoms with van der Waals surface area (Å²) in [6, 6.07) is 0.190. The minimum Gasteiger partial charge on any atom is -0.353 e. The number of nitrogens with one attached hydrogen (secondary N) is 4. The summed E-state index contributed by atoms with van der Waals surface area (Å²) in [6.07, 6.45) is 0. The molecule has 0 unspecified atom stereocenters. The van der Waals surface area contributed by atoms with Crippen LogP contribution in [0.3, 0.4) is 0 Å². The van der Waals surface area contributed by atoms with Gasteiger partial charge in [-0.05, 0) is 55.4 Å². The summed E-state index contributed by atoms with van der Waals surface area (Å²) in [6.45, 7) is 21.3. The van der Waals surface area contributed by atoms with Gasteiger partial charge in [-0.1, -0.05) is 0 Å². The Bertz CT molecular complexity index is 646. The Morgan fingerprint density at radius 2 is 0.550 bits per heavy atom. The molecule has 1 saturated heterocycles. The Labute approximate surface area is 241 Å². The molecule has 0 saturated carbocycles. The average molecular weight is 569 g/mol. The van der Waals surface area contributed by atoms with Crippen LogP contribution >= 0.6 is 0 Å². The third-order valence-corrected chi connectivity index (χ3v) is 6.20. The fourth-order valence-corrected chi connectivity index (χ4v) is 4.49. The third-order valence-electron chi connectivity index (χ3n) is 6.20. The molecule has 12 nitrogen and oxygen atoms in total. The zero-order chi connectivity index (χ0) is 30.2. The molecule has 0 aromatic rings. The minimum atomic E-state index is -0.0439. The van der Waals surface area contributed by atoms with E-state index in [1.807, 2.05) is 55.4 Å². The van der Waals surface area contributed by atoms with Gasteiger partial charge in [0.2, 0.25) is 23.6 Å². The molecule has 4 N–H and O–H groups in total. The van der Waals surface area contributed by atoms with Crippen molar-refractivity contribution < 1.29 is 19.2 Å². The van der Waals surface area contributed by atoms with E-state index in [0.29, 0.717) is 52.4 Å². The van der Waals surface area contributed by atoms with Crippen molar-refractivity contribution in [1.82, 2.24) is 40.9 Å². The number of hydrogen-bond donors (Lipinski definition) is 4. The predicted molar refractivity (Wildman–Crippen MR) is 159 cm³/mol. The van der Waals surface area contributed by atoms with Crippen molar-refractivity contribution in [3.05, 3.63) is 0 Å². The normalized spacial score (nSPS) is 17.5. The molecule has 0 radical (unpaired) electrons. The van der Waals surface area contributed by atoms with Gasteiger partial charge in [-0.25, -0.2) is 0 Å². The highest BCUT2D eigenvalue weighted by Crippen LogP contribution is 2.02. The summed E-state index contributed by atoms with van der Waals surface area (Å²) in [4.78, 5) is 58.9. The molecule has 1 aliphatic rings. The zero-order valence-electron chi connectivity index (χ0n) is 26.2. The maximum absolute atomic E-state index is 12.6. The maximum Gasteiger partial charge on any atom is 0.234 e. The molecule has 1 fully saturated rings. The zero-order valence-corrected chi connectivity index (χ0v) is 26.2. The molecule has 0 atom stereocenters. The number of hydrogen-bond acceptors (Lipinski definition) is 8. The van der Waals surface area contributed by atoms with Crippen molar-refractivity contribution in [2.45, 2.75) is 79.6 Å². The van der Waals surface area contributed by atoms with Gasteiger partial charge in [0.1, 0.15) is 0 Å². The van der Waals surface area contributed by atoms with Crippen molar-refractivity contribution in [3.63, 3.8) is 0 Å². The van der Waals surface area contributed by atoms with Crippen LogP contribution in [0.5, 0.6) is 0 Å². The van der Waals surface area contributed by atoms with Gasteiger partial charge in [0.25, 0.3) is 0 Å². The first-order chi connectivity index (χ1) is 18.7. The Balaban J connectivity index is 3.12. The lowest BCUT2D eigenvalue weighted by molar-refractivity contribution is -0.125. The highest BCUT2D eigenvalue weighted by Gasteiger charge is 2.22. The average Bonchev–Trinajstić information content (AvgIpc) is 2.78. The van der Waals surface area contributed by atoms with Gasteiger partial charge in [-0.3, -0.25) is 38.8 Å². The monoisotopic (exact) mass is 568 g/mol. The predicted octanol–water partition coefficient (Wildman–Crippen LogP) is -0.694. The molecule has 232 valence electrons. The lowest BCUT2D eigenvalue weighted by Crippen LogP contribution is -2.52. The first-order valence-corrected chi connectivity index (χ1v) is 14.8. The highest BCUT2D eigenvalue weighted by atomic mass is 16.2. The second-order valence-electron chi connectivity index (χ2n) is 12.0. The summed E-state index contributed by atoms with van der Waals surface area (Å²) in [5.74, 6) is -0.175. The second-order valence-corrected chi connectivity index (χ2v) is 12.0. The SMILES string of the molecule is CC(C)NC(=O)CN1CCN(CC(=O)NC(C)C)CCN(CC(=O)NC(C)C)CCN(CC(=O)NC(C)C)CC1. The van der Waals surface area contributed by atoms with E-state index in [2.05, 4.69) is 40.9 Å².